The number of aromatic amines is 1. The van der Waals surface area contributed by atoms with Crippen LogP contribution < -0.4 is 0 Å². The zero-order valence-corrected chi connectivity index (χ0v) is 13.5. The van der Waals surface area contributed by atoms with Crippen LogP contribution in [-0.2, 0) is 16.0 Å². The fourth-order valence-electron chi connectivity index (χ4n) is 2.54. The Bertz CT molecular complexity index is 685. The predicted molar refractivity (Wildman–Crippen MR) is 87.0 cm³/mol. The van der Waals surface area contributed by atoms with Gasteiger partial charge in [-0.1, -0.05) is 12.1 Å². The Kier molecular flexibility index (Phi) is 4.66. The molecule has 1 N–H and O–H groups in total. The van der Waals surface area contributed by atoms with E-state index in [0.717, 1.165) is 17.7 Å². The third-order valence-electron chi connectivity index (χ3n) is 3.76. The molecule has 0 bridgehead atoms. The van der Waals surface area contributed by atoms with Gasteiger partial charge in [0.15, 0.2) is 0 Å². The summed E-state index contributed by atoms with van der Waals surface area (Å²) in [6.07, 6.45) is 4.15. The normalized spacial score (nSPS) is 17.5. The van der Waals surface area contributed by atoms with Gasteiger partial charge in [-0.15, -0.1) is 11.8 Å². The molecule has 1 aromatic carbocycles. The van der Waals surface area contributed by atoms with Gasteiger partial charge in [-0.2, -0.15) is 0 Å². The number of carbonyl (C=O) groups excluding carboxylic acids is 2. The second-order valence-corrected chi connectivity index (χ2v) is 6.26. The summed E-state index contributed by atoms with van der Waals surface area (Å²) in [5, 5.41) is -0.0166. The minimum atomic E-state index is -0.359. The highest BCUT2D eigenvalue weighted by Gasteiger charge is 2.32. The van der Waals surface area contributed by atoms with Crippen molar-refractivity contribution in [3.63, 3.8) is 0 Å². The van der Waals surface area contributed by atoms with Crippen LogP contribution in [0.4, 0.5) is 0 Å². The third kappa shape index (κ3) is 3.39. The first-order valence-corrected chi connectivity index (χ1v) is 8.30. The van der Waals surface area contributed by atoms with Crippen LogP contribution >= 0.6 is 11.8 Å². The summed E-state index contributed by atoms with van der Waals surface area (Å²) in [5.41, 5.74) is 2.53. The molecule has 1 aliphatic rings. The molecule has 120 valence electrons. The standard InChI is InChI=1S/C16H17N3O3S/c1-22-16(21)12-4-2-11(3-5-12)15-19(14(20)9-23-15)7-6-13-8-17-10-18-13/h2-5,8,10,15H,6-7,9H2,1H3,(H,17,18). The molecule has 0 radical (unpaired) electrons. The van der Waals surface area contributed by atoms with Gasteiger partial charge in [-0.25, -0.2) is 9.78 Å². The number of aromatic nitrogens is 2. The Hall–Kier alpha value is -2.28. The highest BCUT2D eigenvalue weighted by atomic mass is 32.2. The quantitative estimate of drug-likeness (QED) is 0.848. The second-order valence-electron chi connectivity index (χ2n) is 5.19. The number of H-pyrrole nitrogens is 1. The summed E-state index contributed by atoms with van der Waals surface area (Å²) in [6, 6.07) is 7.23. The van der Waals surface area contributed by atoms with Crippen molar-refractivity contribution in [2.75, 3.05) is 19.4 Å². The SMILES string of the molecule is COC(=O)c1ccc(C2SCC(=O)N2CCc2cnc[nH]2)cc1. The lowest BCUT2D eigenvalue weighted by Gasteiger charge is -2.24. The van der Waals surface area contributed by atoms with Crippen LogP contribution in [0.1, 0.15) is 27.0 Å². The maximum Gasteiger partial charge on any atom is 0.337 e. The summed E-state index contributed by atoms with van der Waals surface area (Å²) in [4.78, 5) is 32.6. The van der Waals surface area contributed by atoms with E-state index in [1.165, 1.54) is 7.11 Å². The number of amides is 1. The minimum absolute atomic E-state index is 0.0166. The highest BCUT2D eigenvalue weighted by molar-refractivity contribution is 8.00. The molecule has 1 fully saturated rings. The Morgan fingerprint density at radius 2 is 2.22 bits per heavy atom. The van der Waals surface area contributed by atoms with E-state index in [9.17, 15) is 9.59 Å². The molecule has 1 amide bonds. The third-order valence-corrected chi connectivity index (χ3v) is 5.02. The van der Waals surface area contributed by atoms with E-state index in [2.05, 4.69) is 9.97 Å². The maximum atomic E-state index is 12.1. The summed E-state index contributed by atoms with van der Waals surface area (Å²) >= 11 is 1.60. The number of hydrogen-bond acceptors (Lipinski definition) is 5. The first-order chi connectivity index (χ1) is 11.2. The molecular weight excluding hydrogens is 314 g/mol. The largest absolute Gasteiger partial charge is 0.465 e. The molecule has 1 saturated heterocycles. The molecule has 1 aliphatic heterocycles. The molecule has 0 spiro atoms. The number of methoxy groups -OCH3 is 1. The Morgan fingerprint density at radius 3 is 2.87 bits per heavy atom. The molecular formula is C16H17N3O3S. The van der Waals surface area contributed by atoms with Crippen molar-refractivity contribution in [1.82, 2.24) is 14.9 Å². The molecule has 1 aromatic heterocycles. The van der Waals surface area contributed by atoms with E-state index < -0.39 is 0 Å². The van der Waals surface area contributed by atoms with Gasteiger partial charge >= 0.3 is 5.97 Å². The van der Waals surface area contributed by atoms with Gasteiger partial charge in [-0.05, 0) is 17.7 Å². The van der Waals surface area contributed by atoms with Crippen molar-refractivity contribution >= 4 is 23.6 Å². The second kappa shape index (κ2) is 6.87. The van der Waals surface area contributed by atoms with Crippen LogP contribution in [0.2, 0.25) is 0 Å². The van der Waals surface area contributed by atoms with Crippen LogP contribution in [0.25, 0.3) is 0 Å². The van der Waals surface area contributed by atoms with Gasteiger partial charge in [0.2, 0.25) is 5.91 Å². The number of rotatable bonds is 5. The van der Waals surface area contributed by atoms with Crippen molar-refractivity contribution in [3.8, 4) is 0 Å². The molecule has 0 saturated carbocycles. The summed E-state index contributed by atoms with van der Waals surface area (Å²) in [5.74, 6) is 0.256. The van der Waals surface area contributed by atoms with Gasteiger partial charge in [0, 0.05) is 24.9 Å². The number of benzene rings is 1. The van der Waals surface area contributed by atoms with Crippen LogP contribution in [0, 0.1) is 0 Å². The van der Waals surface area contributed by atoms with Crippen LogP contribution in [0.3, 0.4) is 0 Å². The molecule has 2 heterocycles. The monoisotopic (exact) mass is 331 g/mol. The van der Waals surface area contributed by atoms with Crippen molar-refractivity contribution in [2.45, 2.75) is 11.8 Å². The summed E-state index contributed by atoms with van der Waals surface area (Å²) in [6.45, 7) is 0.636. The van der Waals surface area contributed by atoms with Gasteiger partial charge in [0.25, 0.3) is 0 Å². The molecule has 1 unspecified atom stereocenters. The minimum Gasteiger partial charge on any atom is -0.465 e. The number of nitrogens with one attached hydrogen (secondary N) is 1. The zero-order valence-electron chi connectivity index (χ0n) is 12.7. The van der Waals surface area contributed by atoms with E-state index in [1.807, 2.05) is 17.0 Å². The number of ether oxygens (including phenoxy) is 1. The van der Waals surface area contributed by atoms with E-state index >= 15 is 0 Å². The van der Waals surface area contributed by atoms with Crippen molar-refractivity contribution in [2.24, 2.45) is 0 Å². The van der Waals surface area contributed by atoms with Gasteiger partial charge in [0.1, 0.15) is 5.37 Å². The molecule has 1 atom stereocenters. The van der Waals surface area contributed by atoms with Gasteiger partial charge in [0.05, 0.1) is 24.8 Å². The van der Waals surface area contributed by atoms with Crippen LogP contribution in [0.15, 0.2) is 36.8 Å². The lowest BCUT2D eigenvalue weighted by Crippen LogP contribution is -2.30. The summed E-state index contributed by atoms with van der Waals surface area (Å²) in [7, 11) is 1.36. The number of imidazole rings is 1. The molecule has 23 heavy (non-hydrogen) atoms. The molecule has 2 aromatic rings. The average Bonchev–Trinajstić information content (AvgIpc) is 3.22. The van der Waals surface area contributed by atoms with Crippen molar-refractivity contribution in [3.05, 3.63) is 53.6 Å². The fourth-order valence-corrected chi connectivity index (χ4v) is 3.75. The smallest absolute Gasteiger partial charge is 0.337 e. The van der Waals surface area contributed by atoms with Crippen LogP contribution in [0.5, 0.6) is 0 Å². The van der Waals surface area contributed by atoms with Crippen molar-refractivity contribution < 1.29 is 14.3 Å². The average molecular weight is 331 g/mol. The lowest BCUT2D eigenvalue weighted by atomic mass is 10.1. The molecule has 7 heteroatoms. The Labute approximate surface area is 138 Å². The molecule has 6 nitrogen and oxygen atoms in total. The highest BCUT2D eigenvalue weighted by Crippen LogP contribution is 2.38. The summed E-state index contributed by atoms with van der Waals surface area (Å²) < 4.78 is 4.70. The first-order valence-electron chi connectivity index (χ1n) is 7.25. The topological polar surface area (TPSA) is 75.3 Å². The lowest BCUT2D eigenvalue weighted by molar-refractivity contribution is -0.128. The first kappa shape index (κ1) is 15.6. The number of nitrogens with zero attached hydrogens (tertiary/aromatic N) is 2. The number of esters is 1. The number of carbonyl (C=O) groups is 2. The van der Waals surface area contributed by atoms with Crippen LogP contribution in [-0.4, -0.2) is 46.2 Å². The molecule has 0 aliphatic carbocycles. The van der Waals surface area contributed by atoms with Gasteiger partial charge in [-0.3, -0.25) is 4.79 Å². The zero-order chi connectivity index (χ0) is 16.2. The van der Waals surface area contributed by atoms with E-state index in [1.54, 1.807) is 36.4 Å². The maximum absolute atomic E-state index is 12.1. The number of thioether (sulfide) groups is 1. The van der Waals surface area contributed by atoms with E-state index in [-0.39, 0.29) is 17.3 Å². The Balaban J connectivity index is 1.72. The van der Waals surface area contributed by atoms with E-state index in [4.69, 9.17) is 4.74 Å². The number of hydrogen-bond donors (Lipinski definition) is 1. The van der Waals surface area contributed by atoms with Crippen molar-refractivity contribution in [1.29, 1.82) is 0 Å². The van der Waals surface area contributed by atoms with Gasteiger partial charge < -0.3 is 14.6 Å². The Morgan fingerprint density at radius 1 is 1.43 bits per heavy atom. The fraction of sp³-hybridized carbons (Fsp3) is 0.312. The van der Waals surface area contributed by atoms with E-state index in [0.29, 0.717) is 17.9 Å². The predicted octanol–water partition coefficient (Wildman–Crippen LogP) is 2.01. The molecule has 3 rings (SSSR count).